The molecule has 0 aromatic heterocycles. The van der Waals surface area contributed by atoms with Crippen LogP contribution in [-0.2, 0) is 4.79 Å². The van der Waals surface area contributed by atoms with Crippen LogP contribution < -0.4 is 10.1 Å². The molecule has 0 aliphatic carbocycles. The van der Waals surface area contributed by atoms with Crippen molar-refractivity contribution in [3.8, 4) is 5.75 Å². The molecule has 150 valence electrons. The van der Waals surface area contributed by atoms with Gasteiger partial charge in [-0.25, -0.2) is 4.79 Å². The minimum atomic E-state index is -0.829. The molecule has 1 aromatic rings. The molecule has 8 heteroatoms. The summed E-state index contributed by atoms with van der Waals surface area (Å²) in [7, 11) is 1.82. The van der Waals surface area contributed by atoms with Gasteiger partial charge in [-0.1, -0.05) is 17.7 Å². The van der Waals surface area contributed by atoms with Crippen molar-refractivity contribution < 1.29 is 19.4 Å². The molecule has 1 aromatic carbocycles. The van der Waals surface area contributed by atoms with E-state index in [9.17, 15) is 9.59 Å². The Morgan fingerprint density at radius 3 is 2.89 bits per heavy atom. The van der Waals surface area contributed by atoms with Gasteiger partial charge in [-0.05, 0) is 51.4 Å². The Labute approximate surface area is 165 Å². The highest BCUT2D eigenvalue weighted by molar-refractivity contribution is 6.30. The average Bonchev–Trinajstić information content (AvgIpc) is 2.85. The van der Waals surface area contributed by atoms with Crippen molar-refractivity contribution in [3.63, 3.8) is 0 Å². The van der Waals surface area contributed by atoms with Gasteiger partial charge in [-0.2, -0.15) is 0 Å². The van der Waals surface area contributed by atoms with Crippen LogP contribution in [0.5, 0.6) is 5.75 Å². The van der Waals surface area contributed by atoms with E-state index < -0.39 is 5.97 Å². The number of hydrogen-bond donors (Lipinski definition) is 2. The quantitative estimate of drug-likeness (QED) is 0.739. The second-order valence-electron chi connectivity index (χ2n) is 6.95. The van der Waals surface area contributed by atoms with Crippen LogP contribution in [0.4, 0.5) is 4.79 Å². The van der Waals surface area contributed by atoms with Crippen LogP contribution in [0.25, 0.3) is 0 Å². The number of nitrogens with zero attached hydrogens (tertiary/aromatic N) is 2. The van der Waals surface area contributed by atoms with Gasteiger partial charge in [0.1, 0.15) is 11.9 Å². The molecule has 1 saturated heterocycles. The van der Waals surface area contributed by atoms with Crippen LogP contribution in [0.3, 0.4) is 0 Å². The Morgan fingerprint density at radius 1 is 1.41 bits per heavy atom. The Hall–Kier alpha value is -1.99. The zero-order valence-corrected chi connectivity index (χ0v) is 16.6. The van der Waals surface area contributed by atoms with Gasteiger partial charge in [0.15, 0.2) is 0 Å². The first-order valence-corrected chi connectivity index (χ1v) is 9.60. The van der Waals surface area contributed by atoms with Crippen LogP contribution in [-0.4, -0.2) is 72.3 Å². The lowest BCUT2D eigenvalue weighted by Crippen LogP contribution is -2.44. The number of hydrogen-bond acceptors (Lipinski definition) is 4. The molecule has 2 rings (SSSR count). The number of nitrogens with one attached hydrogen (secondary N) is 1. The molecule has 0 saturated carbocycles. The van der Waals surface area contributed by atoms with Crippen molar-refractivity contribution in [1.82, 2.24) is 15.1 Å². The first-order chi connectivity index (χ1) is 12.8. The number of benzene rings is 1. The van der Waals surface area contributed by atoms with E-state index in [1.165, 1.54) is 0 Å². The van der Waals surface area contributed by atoms with E-state index in [-0.39, 0.29) is 24.7 Å². The minimum Gasteiger partial charge on any atom is -0.489 e. The fourth-order valence-corrected chi connectivity index (χ4v) is 3.40. The molecule has 1 heterocycles. The summed E-state index contributed by atoms with van der Waals surface area (Å²) in [4.78, 5) is 27.0. The second-order valence-corrected chi connectivity index (χ2v) is 7.39. The van der Waals surface area contributed by atoms with Crippen molar-refractivity contribution in [2.24, 2.45) is 0 Å². The van der Waals surface area contributed by atoms with E-state index in [1.54, 1.807) is 17.0 Å². The Kier molecular flexibility index (Phi) is 8.19. The van der Waals surface area contributed by atoms with Crippen molar-refractivity contribution in [2.75, 3.05) is 33.2 Å². The number of urea groups is 1. The number of likely N-dealkylation sites (N-methyl/N-ethyl adjacent to an activating group) is 1. The molecular formula is C19H28ClN3O4. The fourth-order valence-electron chi connectivity index (χ4n) is 3.22. The Bertz CT molecular complexity index is 643. The number of likely N-dealkylation sites (tertiary alicyclic amines) is 1. The number of carbonyl (C=O) groups excluding carboxylic acids is 1. The molecule has 1 aliphatic heterocycles. The van der Waals surface area contributed by atoms with Gasteiger partial charge < -0.3 is 20.1 Å². The summed E-state index contributed by atoms with van der Waals surface area (Å²) >= 11 is 5.94. The average molecular weight is 398 g/mol. The molecule has 1 fully saturated rings. The van der Waals surface area contributed by atoms with Crippen LogP contribution in [0, 0.1) is 0 Å². The molecule has 2 amide bonds. The zero-order chi connectivity index (χ0) is 19.8. The fraction of sp³-hybridized carbons (Fsp3) is 0.579. The van der Waals surface area contributed by atoms with Gasteiger partial charge in [-0.15, -0.1) is 0 Å². The molecule has 2 atom stereocenters. The summed E-state index contributed by atoms with van der Waals surface area (Å²) in [6.45, 7) is 3.59. The number of ether oxygens (including phenoxy) is 1. The predicted molar refractivity (Wildman–Crippen MR) is 104 cm³/mol. The van der Waals surface area contributed by atoms with Gasteiger partial charge in [-0.3, -0.25) is 9.69 Å². The molecular weight excluding hydrogens is 370 g/mol. The summed E-state index contributed by atoms with van der Waals surface area (Å²) in [5.74, 6) is -0.159. The van der Waals surface area contributed by atoms with Gasteiger partial charge in [0.2, 0.25) is 0 Å². The van der Waals surface area contributed by atoms with Crippen LogP contribution in [0.15, 0.2) is 24.3 Å². The van der Waals surface area contributed by atoms with Crippen molar-refractivity contribution in [2.45, 2.75) is 38.3 Å². The van der Waals surface area contributed by atoms with Crippen LogP contribution in [0.1, 0.15) is 26.2 Å². The summed E-state index contributed by atoms with van der Waals surface area (Å²) in [6.07, 6.45) is 2.33. The van der Waals surface area contributed by atoms with Crippen molar-refractivity contribution in [1.29, 1.82) is 0 Å². The molecule has 0 bridgehead atoms. The number of aliphatic carboxylic acids is 1. The van der Waals surface area contributed by atoms with E-state index in [4.69, 9.17) is 21.4 Å². The summed E-state index contributed by atoms with van der Waals surface area (Å²) in [6, 6.07) is 7.23. The number of carbonyl (C=O) groups is 2. The van der Waals surface area contributed by atoms with E-state index in [0.717, 1.165) is 19.3 Å². The highest BCUT2D eigenvalue weighted by Gasteiger charge is 2.24. The van der Waals surface area contributed by atoms with Crippen LogP contribution >= 0.6 is 11.6 Å². The van der Waals surface area contributed by atoms with Crippen molar-refractivity contribution >= 4 is 23.6 Å². The third kappa shape index (κ3) is 7.27. The lowest BCUT2D eigenvalue weighted by atomic mass is 10.1. The predicted octanol–water partition coefficient (Wildman–Crippen LogP) is 2.69. The molecule has 1 aliphatic rings. The standard InChI is InChI=1S/C19H28ClN3O4/c1-14(27-17-7-3-5-15(20)11-17)12-21-19(26)23-9-4-6-16(8-10-23)22(2)13-18(24)25/h3,5,7,11,14,16H,4,6,8-10,12-13H2,1-2H3,(H,21,26)(H,24,25). The lowest BCUT2D eigenvalue weighted by molar-refractivity contribution is -0.138. The zero-order valence-electron chi connectivity index (χ0n) is 15.9. The number of halogens is 1. The molecule has 27 heavy (non-hydrogen) atoms. The van der Waals surface area contributed by atoms with E-state index in [1.807, 2.05) is 31.0 Å². The number of rotatable bonds is 7. The molecule has 0 radical (unpaired) electrons. The summed E-state index contributed by atoms with van der Waals surface area (Å²) in [5.41, 5.74) is 0. The van der Waals surface area contributed by atoms with E-state index >= 15 is 0 Å². The Balaban J connectivity index is 1.76. The third-order valence-corrected chi connectivity index (χ3v) is 4.90. The van der Waals surface area contributed by atoms with E-state index in [2.05, 4.69) is 5.32 Å². The van der Waals surface area contributed by atoms with Gasteiger partial charge in [0.05, 0.1) is 13.1 Å². The van der Waals surface area contributed by atoms with Gasteiger partial charge >= 0.3 is 12.0 Å². The number of carboxylic acids is 1. The molecule has 0 spiro atoms. The monoisotopic (exact) mass is 397 g/mol. The first-order valence-electron chi connectivity index (χ1n) is 9.22. The lowest BCUT2D eigenvalue weighted by Gasteiger charge is -2.26. The van der Waals surface area contributed by atoms with Crippen LogP contribution in [0.2, 0.25) is 5.02 Å². The maximum Gasteiger partial charge on any atom is 0.317 e. The molecule has 2 unspecified atom stereocenters. The van der Waals surface area contributed by atoms with Gasteiger partial charge in [0, 0.05) is 24.2 Å². The third-order valence-electron chi connectivity index (χ3n) is 4.67. The summed E-state index contributed by atoms with van der Waals surface area (Å²) in [5, 5.41) is 12.5. The highest BCUT2D eigenvalue weighted by atomic mass is 35.5. The second kappa shape index (κ2) is 10.4. The van der Waals surface area contributed by atoms with Gasteiger partial charge in [0.25, 0.3) is 0 Å². The normalized spacial score (nSPS) is 18.7. The smallest absolute Gasteiger partial charge is 0.317 e. The highest BCUT2D eigenvalue weighted by Crippen LogP contribution is 2.18. The summed E-state index contributed by atoms with van der Waals surface area (Å²) < 4.78 is 5.76. The topological polar surface area (TPSA) is 82.1 Å². The minimum absolute atomic E-state index is 0.0230. The first kappa shape index (κ1) is 21.3. The number of carboxylic acid groups (broad SMARTS) is 1. The number of amides is 2. The largest absolute Gasteiger partial charge is 0.489 e. The SMILES string of the molecule is CC(CNC(=O)N1CCCC(N(C)CC(=O)O)CC1)Oc1cccc(Cl)c1. The molecule has 2 N–H and O–H groups in total. The Morgan fingerprint density at radius 2 is 2.19 bits per heavy atom. The van der Waals surface area contributed by atoms with Crippen molar-refractivity contribution in [3.05, 3.63) is 29.3 Å². The maximum absolute atomic E-state index is 12.4. The van der Waals surface area contributed by atoms with E-state index in [0.29, 0.717) is 30.4 Å². The molecule has 7 nitrogen and oxygen atoms in total. The maximum atomic E-state index is 12.4.